The fraction of sp³-hybridized carbons (Fsp3) is 0.571. The molecule has 0 aliphatic carbocycles. The van der Waals surface area contributed by atoms with E-state index in [9.17, 15) is 13.2 Å². The summed E-state index contributed by atoms with van der Waals surface area (Å²) in [6.45, 7) is 4.08. The third kappa shape index (κ3) is 5.36. The fourth-order valence-corrected chi connectivity index (χ4v) is 2.15. The van der Waals surface area contributed by atoms with E-state index in [1.165, 1.54) is 0 Å². The number of unbranched alkanes of at least 4 members (excludes halogenated alkanes) is 2. The van der Waals surface area contributed by atoms with Crippen molar-refractivity contribution >= 4 is 10.5 Å². The maximum Gasteiger partial charge on any atom is 0.146 e. The molecule has 0 unspecified atom stereocenters. The van der Waals surface area contributed by atoms with Crippen molar-refractivity contribution in [3.8, 4) is 0 Å². The van der Waals surface area contributed by atoms with Crippen LogP contribution >= 0.6 is 0 Å². The van der Waals surface area contributed by atoms with Crippen LogP contribution in [-0.4, -0.2) is 16.1 Å². The Labute approximate surface area is 115 Å². The molecule has 1 aromatic rings. The van der Waals surface area contributed by atoms with Gasteiger partial charge < -0.3 is 4.43 Å². The lowest BCUT2D eigenvalue weighted by molar-refractivity contribution is 0.109. The Bertz CT molecular complexity index is 398. The zero-order valence-electron chi connectivity index (χ0n) is 11.7. The number of hydrogen-bond acceptors (Lipinski definition) is 1. The monoisotopic (exact) mass is 290 g/mol. The van der Waals surface area contributed by atoms with E-state index in [1.807, 2.05) is 13.8 Å². The third-order valence-corrected chi connectivity index (χ3v) is 4.47. The standard InChI is InChI=1S/C14H21F3OSi/c1-14(2,18-19)7-5-3-4-6-11-12(16)8-10(15)9-13(11)17/h8-9H,3-7H2,1-2,19H3. The predicted octanol–water partition coefficient (Wildman–Crippen LogP) is 3.28. The van der Waals surface area contributed by atoms with Crippen molar-refractivity contribution in [2.24, 2.45) is 0 Å². The summed E-state index contributed by atoms with van der Waals surface area (Å²) in [5, 5.41) is 0. The first-order chi connectivity index (χ1) is 8.85. The van der Waals surface area contributed by atoms with Gasteiger partial charge in [-0.15, -0.1) is 0 Å². The summed E-state index contributed by atoms with van der Waals surface area (Å²) in [6, 6.07) is 1.47. The second kappa shape index (κ2) is 7.10. The van der Waals surface area contributed by atoms with Crippen LogP contribution in [0.25, 0.3) is 0 Å². The van der Waals surface area contributed by atoms with Gasteiger partial charge in [-0.3, -0.25) is 0 Å². The van der Waals surface area contributed by atoms with E-state index in [1.54, 1.807) is 0 Å². The molecule has 19 heavy (non-hydrogen) atoms. The lowest BCUT2D eigenvalue weighted by Crippen LogP contribution is -2.22. The molecule has 0 amide bonds. The highest BCUT2D eigenvalue weighted by molar-refractivity contribution is 5.98. The van der Waals surface area contributed by atoms with Gasteiger partial charge in [0.2, 0.25) is 0 Å². The molecule has 0 N–H and O–H groups in total. The molecular weight excluding hydrogens is 269 g/mol. The number of halogens is 3. The van der Waals surface area contributed by atoms with Crippen molar-refractivity contribution in [2.45, 2.75) is 51.6 Å². The molecule has 0 aliphatic rings. The van der Waals surface area contributed by atoms with Crippen LogP contribution in [0.5, 0.6) is 0 Å². The molecular formula is C14H21F3OSi. The molecule has 0 fully saturated rings. The van der Waals surface area contributed by atoms with Crippen molar-refractivity contribution in [1.82, 2.24) is 0 Å². The zero-order valence-corrected chi connectivity index (χ0v) is 13.7. The van der Waals surface area contributed by atoms with E-state index < -0.39 is 17.5 Å². The molecule has 0 spiro atoms. The molecule has 1 rings (SSSR count). The summed E-state index contributed by atoms with van der Waals surface area (Å²) < 4.78 is 44.9. The average molecular weight is 290 g/mol. The Kier molecular flexibility index (Phi) is 6.07. The van der Waals surface area contributed by atoms with Crippen LogP contribution in [0.1, 0.15) is 45.1 Å². The predicted molar refractivity (Wildman–Crippen MR) is 73.6 cm³/mol. The average Bonchev–Trinajstić information content (AvgIpc) is 2.31. The maximum absolute atomic E-state index is 13.4. The van der Waals surface area contributed by atoms with Crippen LogP contribution < -0.4 is 0 Å². The topological polar surface area (TPSA) is 9.23 Å². The van der Waals surface area contributed by atoms with Crippen molar-refractivity contribution in [3.05, 3.63) is 35.1 Å². The van der Waals surface area contributed by atoms with Gasteiger partial charge in [0.25, 0.3) is 0 Å². The minimum atomic E-state index is -0.871. The second-order valence-electron chi connectivity index (χ2n) is 5.37. The Morgan fingerprint density at radius 1 is 1.05 bits per heavy atom. The van der Waals surface area contributed by atoms with Gasteiger partial charge in [0.1, 0.15) is 27.9 Å². The Morgan fingerprint density at radius 2 is 1.63 bits per heavy atom. The smallest absolute Gasteiger partial charge is 0.146 e. The fourth-order valence-electron chi connectivity index (χ4n) is 1.94. The normalized spacial score (nSPS) is 12.1. The molecule has 1 aromatic carbocycles. The van der Waals surface area contributed by atoms with Crippen molar-refractivity contribution in [1.29, 1.82) is 0 Å². The van der Waals surface area contributed by atoms with Crippen LogP contribution in [0.3, 0.4) is 0 Å². The summed E-state index contributed by atoms with van der Waals surface area (Å²) in [4.78, 5) is 0. The van der Waals surface area contributed by atoms with E-state index in [2.05, 4.69) is 0 Å². The Balaban J connectivity index is 2.38. The molecule has 1 nitrogen and oxygen atoms in total. The lowest BCUT2D eigenvalue weighted by Gasteiger charge is -2.23. The molecule has 0 saturated heterocycles. The van der Waals surface area contributed by atoms with E-state index in [0.717, 1.165) is 31.4 Å². The third-order valence-electron chi connectivity index (χ3n) is 3.36. The largest absolute Gasteiger partial charge is 0.423 e. The first-order valence-corrected chi connectivity index (χ1v) is 7.36. The minimum Gasteiger partial charge on any atom is -0.423 e. The van der Waals surface area contributed by atoms with E-state index in [0.29, 0.717) is 23.3 Å². The Hall–Kier alpha value is -0.813. The lowest BCUT2D eigenvalue weighted by atomic mass is 9.99. The SMILES string of the molecule is CC(C)(CCCCCc1c(F)cc(F)cc1F)O[SiH3]. The molecule has 0 atom stereocenters. The molecule has 108 valence electrons. The van der Waals surface area contributed by atoms with Crippen LogP contribution in [0.15, 0.2) is 12.1 Å². The van der Waals surface area contributed by atoms with Gasteiger partial charge in [-0.25, -0.2) is 13.2 Å². The van der Waals surface area contributed by atoms with Crippen LogP contribution in [0.4, 0.5) is 13.2 Å². The van der Waals surface area contributed by atoms with Crippen molar-refractivity contribution in [3.63, 3.8) is 0 Å². The summed E-state index contributed by atoms with van der Waals surface area (Å²) >= 11 is 0. The zero-order chi connectivity index (χ0) is 14.5. The van der Waals surface area contributed by atoms with Gasteiger partial charge in [0.05, 0.1) is 0 Å². The van der Waals surface area contributed by atoms with Crippen molar-refractivity contribution in [2.75, 3.05) is 0 Å². The number of rotatable bonds is 7. The van der Waals surface area contributed by atoms with Crippen molar-refractivity contribution < 1.29 is 17.6 Å². The summed E-state index contributed by atoms with van der Waals surface area (Å²) in [6.07, 6.45) is 3.77. The number of hydrogen-bond donors (Lipinski definition) is 0. The molecule has 0 saturated carbocycles. The maximum atomic E-state index is 13.4. The van der Waals surface area contributed by atoms with E-state index >= 15 is 0 Å². The molecule has 0 aliphatic heterocycles. The molecule has 0 aromatic heterocycles. The highest BCUT2D eigenvalue weighted by Crippen LogP contribution is 2.20. The van der Waals surface area contributed by atoms with Gasteiger partial charge in [0, 0.05) is 23.3 Å². The molecule has 5 heteroatoms. The first kappa shape index (κ1) is 16.2. The highest BCUT2D eigenvalue weighted by atomic mass is 28.2. The molecule has 0 bridgehead atoms. The highest BCUT2D eigenvalue weighted by Gasteiger charge is 2.15. The van der Waals surface area contributed by atoms with Gasteiger partial charge in [-0.05, 0) is 33.1 Å². The Morgan fingerprint density at radius 3 is 2.16 bits per heavy atom. The summed E-state index contributed by atoms with van der Waals surface area (Å²) in [7, 11) is 0.708. The molecule has 0 radical (unpaired) electrons. The first-order valence-electron chi connectivity index (χ1n) is 6.54. The van der Waals surface area contributed by atoms with Gasteiger partial charge in [-0.2, -0.15) is 0 Å². The van der Waals surface area contributed by atoms with Crippen LogP contribution in [0, 0.1) is 17.5 Å². The van der Waals surface area contributed by atoms with Gasteiger partial charge >= 0.3 is 0 Å². The second-order valence-corrected chi connectivity index (χ2v) is 5.78. The molecule has 0 heterocycles. The van der Waals surface area contributed by atoms with E-state index in [-0.39, 0.29) is 11.2 Å². The van der Waals surface area contributed by atoms with E-state index in [4.69, 9.17) is 4.43 Å². The summed E-state index contributed by atoms with van der Waals surface area (Å²) in [5.74, 6) is -2.45. The summed E-state index contributed by atoms with van der Waals surface area (Å²) in [5.41, 5.74) is -0.113. The van der Waals surface area contributed by atoms with Crippen LogP contribution in [-0.2, 0) is 10.8 Å². The minimum absolute atomic E-state index is 0.0141. The van der Waals surface area contributed by atoms with Gasteiger partial charge in [0.15, 0.2) is 0 Å². The van der Waals surface area contributed by atoms with Gasteiger partial charge in [-0.1, -0.05) is 12.8 Å². The quantitative estimate of drug-likeness (QED) is 0.553. The van der Waals surface area contributed by atoms with Crippen LogP contribution in [0.2, 0.25) is 0 Å². The number of benzene rings is 1.